The molecule has 28 heavy (non-hydrogen) atoms. The molecule has 0 spiro atoms. The Morgan fingerprint density at radius 2 is 1.89 bits per heavy atom. The highest BCUT2D eigenvalue weighted by molar-refractivity contribution is 6.33. The van der Waals surface area contributed by atoms with E-state index in [0.717, 1.165) is 23.8 Å². The zero-order valence-corrected chi connectivity index (χ0v) is 16.1. The molecule has 0 bridgehead atoms. The molecule has 0 radical (unpaired) electrons. The topological polar surface area (TPSA) is 59.6 Å². The third-order valence-electron chi connectivity index (χ3n) is 3.77. The molecule has 0 aliphatic rings. The van der Waals surface area contributed by atoms with Gasteiger partial charge in [-0.2, -0.15) is 13.2 Å². The molecule has 5 nitrogen and oxygen atoms in total. The summed E-state index contributed by atoms with van der Waals surface area (Å²) in [6.07, 6.45) is -4.03. The monoisotopic (exact) mass is 416 g/mol. The molecule has 2 N–H and O–H groups in total. The average molecular weight is 417 g/mol. The number of alkyl halides is 3. The molecule has 0 unspecified atom stereocenters. The molecule has 0 heterocycles. The molecule has 2 rings (SSSR count). The lowest BCUT2D eigenvalue weighted by Gasteiger charge is -2.13. The number of amides is 2. The molecular formula is C19H20ClF3N2O3. The van der Waals surface area contributed by atoms with Crippen LogP contribution in [-0.2, 0) is 12.6 Å². The normalized spacial score (nSPS) is 11.1. The van der Waals surface area contributed by atoms with Gasteiger partial charge in [-0.25, -0.2) is 4.79 Å². The van der Waals surface area contributed by atoms with E-state index < -0.39 is 17.8 Å². The minimum Gasteiger partial charge on any atom is -0.493 e. The zero-order chi connectivity index (χ0) is 20.7. The summed E-state index contributed by atoms with van der Waals surface area (Å²) >= 11 is 5.86. The van der Waals surface area contributed by atoms with Crippen LogP contribution >= 0.6 is 11.6 Å². The van der Waals surface area contributed by atoms with E-state index in [0.29, 0.717) is 24.5 Å². The smallest absolute Gasteiger partial charge is 0.416 e. The summed E-state index contributed by atoms with van der Waals surface area (Å²) in [5.74, 6) is 1.21. The van der Waals surface area contributed by atoms with E-state index >= 15 is 0 Å². The number of urea groups is 1. The lowest BCUT2D eigenvalue weighted by atomic mass is 10.1. The quantitative estimate of drug-likeness (QED) is 0.657. The molecule has 2 amide bonds. The van der Waals surface area contributed by atoms with Gasteiger partial charge in [-0.3, -0.25) is 0 Å². The van der Waals surface area contributed by atoms with Gasteiger partial charge < -0.3 is 20.1 Å². The van der Waals surface area contributed by atoms with Crippen LogP contribution in [0.5, 0.6) is 11.5 Å². The Labute approximate surface area is 165 Å². The van der Waals surface area contributed by atoms with E-state index in [1.54, 1.807) is 12.1 Å². The minimum atomic E-state index is -4.52. The number of anilines is 1. The van der Waals surface area contributed by atoms with Gasteiger partial charge in [0.1, 0.15) is 0 Å². The van der Waals surface area contributed by atoms with Crippen LogP contribution in [0, 0.1) is 0 Å². The lowest BCUT2D eigenvalue weighted by molar-refractivity contribution is -0.137. The van der Waals surface area contributed by atoms with E-state index in [1.807, 2.05) is 13.0 Å². The van der Waals surface area contributed by atoms with Gasteiger partial charge in [-0.15, -0.1) is 0 Å². The highest BCUT2D eigenvalue weighted by atomic mass is 35.5. The molecule has 2 aromatic rings. The highest BCUT2D eigenvalue weighted by Gasteiger charge is 2.31. The first-order valence-corrected chi connectivity index (χ1v) is 8.83. The van der Waals surface area contributed by atoms with Crippen molar-refractivity contribution in [3.63, 3.8) is 0 Å². The third kappa shape index (κ3) is 5.95. The number of ether oxygens (including phenoxy) is 2. The van der Waals surface area contributed by atoms with Gasteiger partial charge in [0.2, 0.25) is 0 Å². The summed E-state index contributed by atoms with van der Waals surface area (Å²) in [6.45, 7) is 2.64. The second kappa shape index (κ2) is 9.54. The van der Waals surface area contributed by atoms with Crippen LogP contribution in [0.15, 0.2) is 36.4 Å². The predicted molar refractivity (Wildman–Crippen MR) is 101 cm³/mol. The fourth-order valence-electron chi connectivity index (χ4n) is 2.43. The largest absolute Gasteiger partial charge is 0.493 e. The Hall–Kier alpha value is -2.61. The van der Waals surface area contributed by atoms with Gasteiger partial charge in [0.25, 0.3) is 0 Å². The van der Waals surface area contributed by atoms with Crippen LogP contribution in [0.1, 0.15) is 18.1 Å². The number of rotatable bonds is 7. The number of benzene rings is 2. The minimum absolute atomic E-state index is 0.0133. The van der Waals surface area contributed by atoms with Crippen LogP contribution in [0.4, 0.5) is 23.7 Å². The van der Waals surface area contributed by atoms with Gasteiger partial charge in [-0.1, -0.05) is 17.7 Å². The second-order valence-corrected chi connectivity index (χ2v) is 6.15. The van der Waals surface area contributed by atoms with E-state index in [2.05, 4.69) is 10.6 Å². The number of carbonyl (C=O) groups excluding carboxylic acids is 1. The number of nitrogens with one attached hydrogen (secondary N) is 2. The fraction of sp³-hybridized carbons (Fsp3) is 0.316. The molecule has 0 saturated heterocycles. The highest BCUT2D eigenvalue weighted by Crippen LogP contribution is 2.33. The van der Waals surface area contributed by atoms with E-state index in [9.17, 15) is 18.0 Å². The number of carbonyl (C=O) groups is 1. The van der Waals surface area contributed by atoms with E-state index in [4.69, 9.17) is 21.1 Å². The molecule has 0 aliphatic heterocycles. The van der Waals surface area contributed by atoms with Crippen molar-refractivity contribution in [3.05, 3.63) is 52.5 Å². The fourth-order valence-corrected chi connectivity index (χ4v) is 2.59. The maximum atomic E-state index is 12.8. The predicted octanol–water partition coefficient (Wildman–Crippen LogP) is 5.13. The first-order valence-electron chi connectivity index (χ1n) is 8.46. The number of hydrogen-bond acceptors (Lipinski definition) is 3. The summed E-state index contributed by atoms with van der Waals surface area (Å²) in [4.78, 5) is 12.0. The van der Waals surface area contributed by atoms with Crippen LogP contribution in [-0.4, -0.2) is 26.3 Å². The van der Waals surface area contributed by atoms with Crippen molar-refractivity contribution >= 4 is 23.3 Å². The van der Waals surface area contributed by atoms with Crippen molar-refractivity contribution in [1.29, 1.82) is 0 Å². The molecule has 0 aromatic heterocycles. The van der Waals surface area contributed by atoms with Crippen LogP contribution < -0.4 is 20.1 Å². The third-order valence-corrected chi connectivity index (χ3v) is 4.10. The maximum absolute atomic E-state index is 12.8. The lowest BCUT2D eigenvalue weighted by Crippen LogP contribution is -2.30. The van der Waals surface area contributed by atoms with E-state index in [-0.39, 0.29) is 17.3 Å². The number of hydrogen-bond donors (Lipinski definition) is 2. The molecule has 0 fully saturated rings. The van der Waals surface area contributed by atoms with Gasteiger partial charge >= 0.3 is 12.2 Å². The van der Waals surface area contributed by atoms with Gasteiger partial charge in [-0.05, 0) is 49.2 Å². The van der Waals surface area contributed by atoms with Crippen LogP contribution in [0.3, 0.4) is 0 Å². The van der Waals surface area contributed by atoms with Gasteiger partial charge in [0.15, 0.2) is 11.5 Å². The summed E-state index contributed by atoms with van der Waals surface area (Å²) in [7, 11) is 1.53. The average Bonchev–Trinajstić information content (AvgIpc) is 2.64. The van der Waals surface area contributed by atoms with Gasteiger partial charge in [0, 0.05) is 6.54 Å². The Bertz CT molecular complexity index is 829. The van der Waals surface area contributed by atoms with Crippen molar-refractivity contribution in [2.75, 3.05) is 25.6 Å². The number of methoxy groups -OCH3 is 1. The first kappa shape index (κ1) is 21.7. The van der Waals surface area contributed by atoms with Gasteiger partial charge in [0.05, 0.1) is 30.0 Å². The van der Waals surface area contributed by atoms with Crippen LogP contribution in [0.25, 0.3) is 0 Å². The standard InChI is InChI=1S/C19H20ClF3N2O3/c1-3-28-16-7-4-12(10-17(16)27-2)8-9-24-18(26)25-15-11-13(19(21,22)23)5-6-14(15)20/h4-7,10-11H,3,8-9H2,1-2H3,(H2,24,25,26). The molecule has 0 aliphatic carbocycles. The SMILES string of the molecule is CCOc1ccc(CCNC(=O)Nc2cc(C(F)(F)F)ccc2Cl)cc1OC. The summed E-state index contributed by atoms with van der Waals surface area (Å²) in [5, 5.41) is 4.92. The zero-order valence-electron chi connectivity index (χ0n) is 15.3. The van der Waals surface area contributed by atoms with Crippen molar-refractivity contribution < 1.29 is 27.4 Å². The summed E-state index contributed by atoms with van der Waals surface area (Å²) in [5.41, 5.74) is -0.108. The second-order valence-electron chi connectivity index (χ2n) is 5.74. The molecule has 0 atom stereocenters. The van der Waals surface area contributed by atoms with E-state index in [1.165, 1.54) is 7.11 Å². The van der Waals surface area contributed by atoms with Crippen molar-refractivity contribution in [1.82, 2.24) is 5.32 Å². The molecular weight excluding hydrogens is 397 g/mol. The molecule has 9 heteroatoms. The Morgan fingerprint density at radius 3 is 2.54 bits per heavy atom. The number of halogens is 4. The Morgan fingerprint density at radius 1 is 1.14 bits per heavy atom. The molecule has 2 aromatic carbocycles. The first-order chi connectivity index (χ1) is 13.2. The Balaban J connectivity index is 1.93. The van der Waals surface area contributed by atoms with Crippen molar-refractivity contribution in [2.45, 2.75) is 19.5 Å². The van der Waals surface area contributed by atoms with Crippen LogP contribution in [0.2, 0.25) is 5.02 Å². The van der Waals surface area contributed by atoms with Crippen molar-refractivity contribution in [2.24, 2.45) is 0 Å². The Kier molecular flexibility index (Phi) is 7.39. The summed E-state index contributed by atoms with van der Waals surface area (Å²) < 4.78 is 49.0. The van der Waals surface area contributed by atoms with Crippen molar-refractivity contribution in [3.8, 4) is 11.5 Å². The molecule has 152 valence electrons. The summed E-state index contributed by atoms with van der Waals surface area (Å²) in [6, 6.07) is 7.50. The maximum Gasteiger partial charge on any atom is 0.416 e. The molecule has 0 saturated carbocycles.